The maximum Gasteiger partial charge on any atom is 0.237 e. The lowest BCUT2D eigenvalue weighted by atomic mass is 10.3. The Morgan fingerprint density at radius 1 is 1.50 bits per heavy atom. The summed E-state index contributed by atoms with van der Waals surface area (Å²) in [7, 11) is -1.57. The van der Waals surface area contributed by atoms with Crippen LogP contribution < -0.4 is 0 Å². The van der Waals surface area contributed by atoms with E-state index in [-0.39, 0.29) is 6.23 Å². The van der Waals surface area contributed by atoms with Crippen molar-refractivity contribution in [2.75, 3.05) is 0 Å². The Bertz CT molecular complexity index is 170. The second-order valence-electron chi connectivity index (χ2n) is 3.69. The van der Waals surface area contributed by atoms with Gasteiger partial charge in [-0.3, -0.25) is 0 Å². The number of carbonyl (C=O) groups excluding carboxylic acids is 1. The zero-order valence-electron chi connectivity index (χ0n) is 8.26. The third-order valence-electron chi connectivity index (χ3n) is 1.22. The molecule has 0 aromatic heterocycles. The molecule has 0 aliphatic heterocycles. The van der Waals surface area contributed by atoms with Crippen molar-refractivity contribution in [1.82, 2.24) is 0 Å². The summed E-state index contributed by atoms with van der Waals surface area (Å²) >= 11 is 0. The molecule has 4 heteroatoms. The summed E-state index contributed by atoms with van der Waals surface area (Å²) in [5.41, 5.74) is 0. The Balaban J connectivity index is 4.03. The average Bonchev–Trinajstić information content (AvgIpc) is 1.84. The first-order valence-electron chi connectivity index (χ1n) is 4.24. The highest BCUT2D eigenvalue weighted by Crippen LogP contribution is 2.11. The molecule has 0 amide bonds. The summed E-state index contributed by atoms with van der Waals surface area (Å²) in [4.78, 5) is 13.6. The van der Waals surface area contributed by atoms with Crippen LogP contribution in [0.2, 0.25) is 19.6 Å². The van der Waals surface area contributed by atoms with Gasteiger partial charge in [0.15, 0.2) is 8.32 Å². The monoisotopic (exact) mass is 187 g/mol. The average molecular weight is 187 g/mol. The molecule has 0 heterocycles. The second-order valence-corrected chi connectivity index (χ2v) is 8.15. The van der Waals surface area contributed by atoms with E-state index in [0.717, 1.165) is 12.8 Å². The molecule has 1 atom stereocenters. The third-order valence-corrected chi connectivity index (χ3v) is 2.20. The van der Waals surface area contributed by atoms with Crippen molar-refractivity contribution in [3.8, 4) is 0 Å². The Hall–Kier alpha value is -0.443. The summed E-state index contributed by atoms with van der Waals surface area (Å²) < 4.78 is 5.63. The van der Waals surface area contributed by atoms with Crippen LogP contribution in [0.5, 0.6) is 0 Å². The van der Waals surface area contributed by atoms with Crippen LogP contribution in [0.4, 0.5) is 0 Å². The molecular weight excluding hydrogens is 170 g/mol. The first-order valence-corrected chi connectivity index (χ1v) is 7.65. The zero-order chi connectivity index (χ0) is 9.61. The van der Waals surface area contributed by atoms with Crippen molar-refractivity contribution < 1.29 is 9.22 Å². The van der Waals surface area contributed by atoms with Gasteiger partial charge >= 0.3 is 0 Å². The van der Waals surface area contributed by atoms with Crippen LogP contribution in [0, 0.1) is 0 Å². The summed E-state index contributed by atoms with van der Waals surface area (Å²) in [5.74, 6) is 0. The van der Waals surface area contributed by atoms with Crippen LogP contribution in [-0.4, -0.2) is 20.6 Å². The minimum absolute atomic E-state index is 0.265. The summed E-state index contributed by atoms with van der Waals surface area (Å²) in [6.07, 6.45) is 3.06. The quantitative estimate of drug-likeness (QED) is 0.376. The SMILES string of the molecule is CCCC(N=C=O)O[Si](C)(C)C. The van der Waals surface area contributed by atoms with Crippen molar-refractivity contribution in [3.05, 3.63) is 0 Å². The highest BCUT2D eigenvalue weighted by atomic mass is 28.4. The normalized spacial score (nSPS) is 13.7. The molecule has 0 aliphatic rings. The van der Waals surface area contributed by atoms with Crippen LogP contribution in [0.3, 0.4) is 0 Å². The first-order chi connectivity index (χ1) is 5.49. The summed E-state index contributed by atoms with van der Waals surface area (Å²) in [6, 6.07) is 0. The molecule has 0 saturated heterocycles. The molecule has 0 aliphatic carbocycles. The fourth-order valence-electron chi connectivity index (χ4n) is 0.864. The first kappa shape index (κ1) is 11.6. The Labute approximate surface area is 75.0 Å². The molecule has 0 aromatic rings. The van der Waals surface area contributed by atoms with Crippen molar-refractivity contribution in [2.45, 2.75) is 45.6 Å². The lowest BCUT2D eigenvalue weighted by molar-refractivity contribution is 0.192. The molecule has 0 aromatic carbocycles. The minimum atomic E-state index is -1.57. The van der Waals surface area contributed by atoms with Gasteiger partial charge in [-0.1, -0.05) is 13.3 Å². The third kappa shape index (κ3) is 6.28. The van der Waals surface area contributed by atoms with E-state index in [0.29, 0.717) is 0 Å². The lowest BCUT2D eigenvalue weighted by Crippen LogP contribution is -2.30. The zero-order valence-corrected chi connectivity index (χ0v) is 9.26. The molecular formula is C8H17NO2Si. The molecule has 3 nitrogen and oxygen atoms in total. The molecule has 70 valence electrons. The van der Waals surface area contributed by atoms with Gasteiger partial charge in [-0.25, -0.2) is 4.79 Å². The molecule has 1 unspecified atom stereocenters. The van der Waals surface area contributed by atoms with E-state index in [1.807, 2.05) is 6.92 Å². The van der Waals surface area contributed by atoms with E-state index >= 15 is 0 Å². The smallest absolute Gasteiger partial charge is 0.237 e. The van der Waals surface area contributed by atoms with E-state index in [9.17, 15) is 4.79 Å². The van der Waals surface area contributed by atoms with E-state index in [1.165, 1.54) is 0 Å². The van der Waals surface area contributed by atoms with Gasteiger partial charge in [-0.2, -0.15) is 4.99 Å². The Morgan fingerprint density at radius 2 is 2.08 bits per heavy atom. The molecule has 0 N–H and O–H groups in total. The fraction of sp³-hybridized carbons (Fsp3) is 0.875. The Kier molecular flexibility index (Phi) is 5.05. The van der Waals surface area contributed by atoms with E-state index in [1.54, 1.807) is 6.08 Å². The highest BCUT2D eigenvalue weighted by Gasteiger charge is 2.19. The largest absolute Gasteiger partial charge is 0.396 e. The summed E-state index contributed by atoms with van der Waals surface area (Å²) in [5, 5.41) is 0. The second kappa shape index (κ2) is 5.25. The van der Waals surface area contributed by atoms with Crippen molar-refractivity contribution in [1.29, 1.82) is 0 Å². The highest BCUT2D eigenvalue weighted by molar-refractivity contribution is 6.69. The maximum absolute atomic E-state index is 10.0. The molecule has 0 rings (SSSR count). The van der Waals surface area contributed by atoms with E-state index < -0.39 is 8.32 Å². The molecule has 0 spiro atoms. The van der Waals surface area contributed by atoms with Gasteiger partial charge in [0.1, 0.15) is 6.23 Å². The topological polar surface area (TPSA) is 38.7 Å². The summed E-state index contributed by atoms with van der Waals surface area (Å²) in [6.45, 7) is 8.28. The van der Waals surface area contributed by atoms with Gasteiger partial charge in [-0.05, 0) is 26.1 Å². The van der Waals surface area contributed by atoms with Gasteiger partial charge in [0.2, 0.25) is 6.08 Å². The number of aliphatic imine (C=N–C) groups is 1. The van der Waals surface area contributed by atoms with Crippen LogP contribution in [0.1, 0.15) is 19.8 Å². The standard InChI is InChI=1S/C8H17NO2Si/c1-5-6-8(9-7-10)11-12(2,3)4/h8H,5-6H2,1-4H3. The number of rotatable bonds is 5. The van der Waals surface area contributed by atoms with Crippen LogP contribution in [0.25, 0.3) is 0 Å². The van der Waals surface area contributed by atoms with E-state index in [2.05, 4.69) is 24.6 Å². The maximum atomic E-state index is 10.0. The predicted molar refractivity (Wildman–Crippen MR) is 51.2 cm³/mol. The lowest BCUT2D eigenvalue weighted by Gasteiger charge is -2.21. The van der Waals surface area contributed by atoms with Crippen molar-refractivity contribution in [3.63, 3.8) is 0 Å². The Morgan fingerprint density at radius 3 is 2.42 bits per heavy atom. The molecule has 12 heavy (non-hydrogen) atoms. The molecule has 0 fully saturated rings. The fourth-order valence-corrected chi connectivity index (χ4v) is 1.85. The van der Waals surface area contributed by atoms with Crippen molar-refractivity contribution >= 4 is 14.4 Å². The van der Waals surface area contributed by atoms with Gasteiger partial charge in [0.25, 0.3) is 0 Å². The van der Waals surface area contributed by atoms with Gasteiger partial charge in [0.05, 0.1) is 0 Å². The van der Waals surface area contributed by atoms with Crippen LogP contribution in [0.15, 0.2) is 4.99 Å². The van der Waals surface area contributed by atoms with Crippen LogP contribution >= 0.6 is 0 Å². The van der Waals surface area contributed by atoms with E-state index in [4.69, 9.17) is 4.43 Å². The van der Waals surface area contributed by atoms with Gasteiger partial charge < -0.3 is 4.43 Å². The molecule has 0 bridgehead atoms. The number of hydrogen-bond donors (Lipinski definition) is 0. The molecule has 0 radical (unpaired) electrons. The molecule has 0 saturated carbocycles. The van der Waals surface area contributed by atoms with Crippen LogP contribution in [-0.2, 0) is 9.22 Å². The predicted octanol–water partition coefficient (Wildman–Crippen LogP) is 2.30. The number of isocyanates is 1. The van der Waals surface area contributed by atoms with Crippen molar-refractivity contribution in [2.24, 2.45) is 4.99 Å². The number of nitrogens with zero attached hydrogens (tertiary/aromatic N) is 1. The number of hydrogen-bond acceptors (Lipinski definition) is 3. The minimum Gasteiger partial charge on any atom is -0.396 e. The van der Waals surface area contributed by atoms with Gasteiger partial charge in [0, 0.05) is 0 Å². The van der Waals surface area contributed by atoms with Gasteiger partial charge in [-0.15, -0.1) is 0 Å².